The Labute approximate surface area is 94.9 Å². The van der Waals surface area contributed by atoms with Gasteiger partial charge in [0.25, 0.3) is 0 Å². The van der Waals surface area contributed by atoms with Crippen LogP contribution in [0.25, 0.3) is 0 Å². The zero-order chi connectivity index (χ0) is 11.0. The fraction of sp³-hybridized carbons (Fsp3) is 0.214. The molecule has 0 amide bonds. The van der Waals surface area contributed by atoms with Gasteiger partial charge in [-0.05, 0) is 24.1 Å². The highest BCUT2D eigenvalue weighted by molar-refractivity contribution is 5.50. The number of benzene rings is 1. The van der Waals surface area contributed by atoms with Gasteiger partial charge in [-0.3, -0.25) is 0 Å². The van der Waals surface area contributed by atoms with Crippen molar-refractivity contribution < 1.29 is 4.74 Å². The largest absolute Gasteiger partial charge is 0.438 e. The Kier molecular flexibility index (Phi) is 2.13. The summed E-state index contributed by atoms with van der Waals surface area (Å²) in [5.41, 5.74) is 3.86. The Morgan fingerprint density at radius 3 is 3.06 bits per heavy atom. The summed E-state index contributed by atoms with van der Waals surface area (Å²) < 4.78 is 5.81. The van der Waals surface area contributed by atoms with Crippen LogP contribution in [0.15, 0.2) is 36.5 Å². The summed E-state index contributed by atoms with van der Waals surface area (Å²) in [6.07, 6.45) is 3.75. The first-order valence-corrected chi connectivity index (χ1v) is 5.61. The van der Waals surface area contributed by atoms with E-state index < -0.39 is 0 Å². The molecule has 80 valence electrons. The van der Waals surface area contributed by atoms with Crippen molar-refractivity contribution in [2.75, 3.05) is 0 Å². The molecule has 0 radical (unpaired) electrons. The Morgan fingerprint density at radius 2 is 2.19 bits per heavy atom. The standard InChI is InChI=1S/C14H13NO/c1-2-10-5-3-7-13-12(10)9-11-6-4-8-15-14(11)16-13/h3-8H,2,9H2,1H3. The van der Waals surface area contributed by atoms with E-state index in [4.69, 9.17) is 4.74 Å². The molecule has 1 aliphatic heterocycles. The zero-order valence-electron chi connectivity index (χ0n) is 9.23. The van der Waals surface area contributed by atoms with E-state index >= 15 is 0 Å². The fourth-order valence-corrected chi connectivity index (χ4v) is 2.18. The lowest BCUT2D eigenvalue weighted by molar-refractivity contribution is 0.439. The first-order chi connectivity index (χ1) is 7.88. The summed E-state index contributed by atoms with van der Waals surface area (Å²) in [5, 5.41) is 0. The van der Waals surface area contributed by atoms with Crippen LogP contribution in [0.3, 0.4) is 0 Å². The minimum absolute atomic E-state index is 0.753. The van der Waals surface area contributed by atoms with E-state index in [0.717, 1.165) is 24.5 Å². The molecule has 0 fully saturated rings. The number of hydrogen-bond donors (Lipinski definition) is 0. The molecule has 0 spiro atoms. The van der Waals surface area contributed by atoms with Crippen LogP contribution in [-0.4, -0.2) is 4.98 Å². The molecule has 1 aromatic heterocycles. The van der Waals surface area contributed by atoms with Crippen molar-refractivity contribution in [1.82, 2.24) is 4.98 Å². The zero-order valence-corrected chi connectivity index (χ0v) is 9.23. The van der Waals surface area contributed by atoms with E-state index in [1.54, 1.807) is 6.20 Å². The van der Waals surface area contributed by atoms with Crippen LogP contribution >= 0.6 is 0 Å². The van der Waals surface area contributed by atoms with Crippen LogP contribution in [-0.2, 0) is 12.8 Å². The van der Waals surface area contributed by atoms with Crippen LogP contribution in [0.4, 0.5) is 0 Å². The van der Waals surface area contributed by atoms with E-state index in [0.29, 0.717) is 0 Å². The molecule has 0 unspecified atom stereocenters. The predicted molar refractivity (Wildman–Crippen MR) is 62.9 cm³/mol. The minimum atomic E-state index is 0.753. The summed E-state index contributed by atoms with van der Waals surface area (Å²) in [5.74, 6) is 1.72. The molecule has 1 aliphatic rings. The molecule has 2 aromatic rings. The Morgan fingerprint density at radius 1 is 1.25 bits per heavy atom. The molecular weight excluding hydrogens is 198 g/mol. The van der Waals surface area contributed by atoms with Gasteiger partial charge in [-0.1, -0.05) is 25.1 Å². The second-order valence-corrected chi connectivity index (χ2v) is 3.99. The van der Waals surface area contributed by atoms with Gasteiger partial charge in [-0.25, -0.2) is 4.98 Å². The smallest absolute Gasteiger partial charge is 0.222 e. The van der Waals surface area contributed by atoms with Crippen LogP contribution in [0.5, 0.6) is 11.6 Å². The highest BCUT2D eigenvalue weighted by Gasteiger charge is 2.19. The number of rotatable bonds is 1. The second-order valence-electron chi connectivity index (χ2n) is 3.99. The van der Waals surface area contributed by atoms with E-state index in [2.05, 4.69) is 24.0 Å². The van der Waals surface area contributed by atoms with E-state index in [1.165, 1.54) is 16.7 Å². The number of fused-ring (bicyclic) bond motifs is 2. The average molecular weight is 211 g/mol. The summed E-state index contributed by atoms with van der Waals surface area (Å²) in [7, 11) is 0. The molecule has 0 bridgehead atoms. The van der Waals surface area contributed by atoms with Crippen molar-refractivity contribution in [3.8, 4) is 11.6 Å². The van der Waals surface area contributed by atoms with Crippen molar-refractivity contribution in [2.24, 2.45) is 0 Å². The first kappa shape index (κ1) is 9.40. The molecule has 2 nitrogen and oxygen atoms in total. The van der Waals surface area contributed by atoms with Crippen molar-refractivity contribution in [1.29, 1.82) is 0 Å². The number of aryl methyl sites for hydroxylation is 1. The van der Waals surface area contributed by atoms with Crippen LogP contribution in [0.1, 0.15) is 23.6 Å². The van der Waals surface area contributed by atoms with Crippen LogP contribution in [0, 0.1) is 0 Å². The van der Waals surface area contributed by atoms with Crippen molar-refractivity contribution in [3.63, 3.8) is 0 Å². The molecule has 2 heteroatoms. The van der Waals surface area contributed by atoms with E-state index in [9.17, 15) is 0 Å². The molecule has 2 heterocycles. The number of aromatic nitrogens is 1. The van der Waals surface area contributed by atoms with Gasteiger partial charge in [0, 0.05) is 23.7 Å². The maximum Gasteiger partial charge on any atom is 0.222 e. The molecule has 0 saturated heterocycles. The normalized spacial score (nSPS) is 12.6. The van der Waals surface area contributed by atoms with Crippen LogP contribution in [0.2, 0.25) is 0 Å². The Bertz CT molecular complexity index is 534. The third-order valence-corrected chi connectivity index (χ3v) is 3.03. The summed E-state index contributed by atoms with van der Waals surface area (Å²) in [6, 6.07) is 10.3. The van der Waals surface area contributed by atoms with Crippen molar-refractivity contribution in [3.05, 3.63) is 53.2 Å². The SMILES string of the molecule is CCc1cccc2c1Cc1cccnc1O2. The summed E-state index contributed by atoms with van der Waals surface area (Å²) in [4.78, 5) is 4.25. The maximum absolute atomic E-state index is 5.81. The molecule has 0 N–H and O–H groups in total. The Balaban J connectivity index is 2.12. The van der Waals surface area contributed by atoms with Gasteiger partial charge in [0.1, 0.15) is 5.75 Å². The second kappa shape index (κ2) is 3.63. The van der Waals surface area contributed by atoms with E-state index in [1.807, 2.05) is 18.2 Å². The lowest BCUT2D eigenvalue weighted by Gasteiger charge is -2.20. The lowest BCUT2D eigenvalue weighted by Crippen LogP contribution is -2.06. The van der Waals surface area contributed by atoms with Gasteiger partial charge < -0.3 is 4.74 Å². The van der Waals surface area contributed by atoms with E-state index in [-0.39, 0.29) is 0 Å². The highest BCUT2D eigenvalue weighted by atomic mass is 16.5. The quantitative estimate of drug-likeness (QED) is 0.616. The lowest BCUT2D eigenvalue weighted by atomic mass is 9.96. The number of hydrogen-bond acceptors (Lipinski definition) is 2. The summed E-state index contributed by atoms with van der Waals surface area (Å²) in [6.45, 7) is 2.17. The highest BCUT2D eigenvalue weighted by Crippen LogP contribution is 2.36. The Hall–Kier alpha value is -1.83. The molecular formula is C14H13NO. The minimum Gasteiger partial charge on any atom is -0.438 e. The molecule has 16 heavy (non-hydrogen) atoms. The van der Waals surface area contributed by atoms with Gasteiger partial charge in [0.05, 0.1) is 0 Å². The third kappa shape index (κ3) is 1.38. The predicted octanol–water partition coefficient (Wildman–Crippen LogP) is 3.34. The number of pyridine rings is 1. The molecule has 3 rings (SSSR count). The van der Waals surface area contributed by atoms with Gasteiger partial charge in [-0.2, -0.15) is 0 Å². The van der Waals surface area contributed by atoms with Crippen molar-refractivity contribution in [2.45, 2.75) is 19.8 Å². The average Bonchev–Trinajstić information content (AvgIpc) is 2.35. The fourth-order valence-electron chi connectivity index (χ4n) is 2.18. The van der Waals surface area contributed by atoms with Gasteiger partial charge >= 0.3 is 0 Å². The third-order valence-electron chi connectivity index (χ3n) is 3.03. The topological polar surface area (TPSA) is 22.1 Å². The first-order valence-electron chi connectivity index (χ1n) is 5.61. The van der Waals surface area contributed by atoms with Crippen molar-refractivity contribution >= 4 is 0 Å². The maximum atomic E-state index is 5.81. The van der Waals surface area contributed by atoms with Gasteiger partial charge in [0.2, 0.25) is 5.88 Å². The monoisotopic (exact) mass is 211 g/mol. The molecule has 0 saturated carbocycles. The van der Waals surface area contributed by atoms with Gasteiger partial charge in [0.15, 0.2) is 0 Å². The summed E-state index contributed by atoms with van der Waals surface area (Å²) >= 11 is 0. The molecule has 0 aliphatic carbocycles. The number of ether oxygens (including phenoxy) is 1. The number of nitrogens with zero attached hydrogens (tertiary/aromatic N) is 1. The molecule has 0 atom stereocenters. The molecule has 1 aromatic carbocycles. The van der Waals surface area contributed by atoms with Crippen LogP contribution < -0.4 is 4.74 Å². The van der Waals surface area contributed by atoms with Gasteiger partial charge in [-0.15, -0.1) is 0 Å².